The van der Waals surface area contributed by atoms with E-state index in [0.717, 1.165) is 0 Å². The first-order valence-electron chi connectivity index (χ1n) is 3.60. The second kappa shape index (κ2) is 4.80. The number of rotatable bonds is 1. The number of halogens is 2. The van der Waals surface area contributed by atoms with Crippen molar-refractivity contribution in [2.24, 2.45) is 5.73 Å². The summed E-state index contributed by atoms with van der Waals surface area (Å²) in [5, 5.41) is 8.43. The van der Waals surface area contributed by atoms with Gasteiger partial charge in [-0.15, -0.1) is 12.4 Å². The number of benzene rings is 1. The summed E-state index contributed by atoms with van der Waals surface area (Å²) >= 11 is 0. The number of nitriles is 1. The van der Waals surface area contributed by atoms with E-state index < -0.39 is 5.82 Å². The van der Waals surface area contributed by atoms with Gasteiger partial charge in [-0.2, -0.15) is 5.26 Å². The van der Waals surface area contributed by atoms with Gasteiger partial charge in [-0.3, -0.25) is 0 Å². The van der Waals surface area contributed by atoms with Crippen LogP contribution in [-0.2, 0) is 0 Å². The van der Waals surface area contributed by atoms with Crippen LogP contribution in [0, 0.1) is 17.1 Å². The minimum atomic E-state index is -0.507. The third kappa shape index (κ3) is 2.69. The standard InChI is InChI=1S/C9H9FN2.ClH/c1-6(12)7-2-3-8(5-11)9(10)4-7;/h2-4,6H,12H2,1H3;1H/t6-;/m0./s1. The third-order valence-electron chi connectivity index (χ3n) is 1.64. The molecule has 0 heterocycles. The zero-order chi connectivity index (χ0) is 9.14. The molecule has 0 spiro atoms. The number of nitrogens with zero attached hydrogens (tertiary/aromatic N) is 1. The Kier molecular flexibility index (Phi) is 4.39. The monoisotopic (exact) mass is 200 g/mol. The molecule has 0 amide bonds. The van der Waals surface area contributed by atoms with Gasteiger partial charge in [0.25, 0.3) is 0 Å². The van der Waals surface area contributed by atoms with E-state index in [9.17, 15) is 4.39 Å². The van der Waals surface area contributed by atoms with E-state index in [0.29, 0.717) is 5.56 Å². The topological polar surface area (TPSA) is 49.8 Å². The van der Waals surface area contributed by atoms with Crippen LogP contribution in [0.15, 0.2) is 18.2 Å². The Labute approximate surface area is 82.6 Å². The minimum absolute atomic E-state index is 0. The van der Waals surface area contributed by atoms with Crippen LogP contribution in [0.3, 0.4) is 0 Å². The quantitative estimate of drug-likeness (QED) is 0.755. The highest BCUT2D eigenvalue weighted by Crippen LogP contribution is 2.13. The second-order valence-corrected chi connectivity index (χ2v) is 2.64. The summed E-state index contributed by atoms with van der Waals surface area (Å²) in [6, 6.07) is 5.94. The van der Waals surface area contributed by atoms with E-state index in [-0.39, 0.29) is 24.0 Å². The molecule has 1 atom stereocenters. The Bertz CT molecular complexity index is 331. The lowest BCUT2D eigenvalue weighted by molar-refractivity contribution is 0.618. The van der Waals surface area contributed by atoms with Crippen molar-refractivity contribution in [3.63, 3.8) is 0 Å². The molecule has 0 bridgehead atoms. The van der Waals surface area contributed by atoms with Gasteiger partial charge in [0.1, 0.15) is 11.9 Å². The molecule has 1 aromatic carbocycles. The first kappa shape index (κ1) is 11.9. The molecule has 13 heavy (non-hydrogen) atoms. The normalized spacial score (nSPS) is 11.2. The molecule has 2 nitrogen and oxygen atoms in total. The van der Waals surface area contributed by atoms with Crippen molar-refractivity contribution in [3.05, 3.63) is 35.1 Å². The smallest absolute Gasteiger partial charge is 0.141 e. The van der Waals surface area contributed by atoms with Gasteiger partial charge in [0.15, 0.2) is 0 Å². The number of hydrogen-bond donors (Lipinski definition) is 1. The van der Waals surface area contributed by atoms with Crippen LogP contribution in [0.1, 0.15) is 24.1 Å². The van der Waals surface area contributed by atoms with E-state index >= 15 is 0 Å². The van der Waals surface area contributed by atoms with Crippen molar-refractivity contribution in [2.75, 3.05) is 0 Å². The van der Waals surface area contributed by atoms with Gasteiger partial charge >= 0.3 is 0 Å². The zero-order valence-electron chi connectivity index (χ0n) is 7.12. The molecule has 0 saturated carbocycles. The third-order valence-corrected chi connectivity index (χ3v) is 1.64. The predicted molar refractivity (Wildman–Crippen MR) is 51.0 cm³/mol. The largest absolute Gasteiger partial charge is 0.324 e. The summed E-state index contributed by atoms with van der Waals surface area (Å²) in [6.07, 6.45) is 0. The van der Waals surface area contributed by atoms with Crippen molar-refractivity contribution in [1.29, 1.82) is 5.26 Å². The van der Waals surface area contributed by atoms with E-state index in [1.54, 1.807) is 19.1 Å². The Balaban J connectivity index is 0.00000144. The van der Waals surface area contributed by atoms with Crippen LogP contribution < -0.4 is 5.73 Å². The fraction of sp³-hybridized carbons (Fsp3) is 0.222. The molecule has 0 unspecified atom stereocenters. The zero-order valence-corrected chi connectivity index (χ0v) is 7.94. The average molecular weight is 201 g/mol. The molecule has 1 aromatic rings. The summed E-state index contributed by atoms with van der Waals surface area (Å²) in [4.78, 5) is 0. The van der Waals surface area contributed by atoms with Crippen LogP contribution in [0.25, 0.3) is 0 Å². The summed E-state index contributed by atoms with van der Waals surface area (Å²) in [5.41, 5.74) is 6.28. The molecule has 0 aliphatic carbocycles. The first-order valence-corrected chi connectivity index (χ1v) is 3.60. The maximum Gasteiger partial charge on any atom is 0.141 e. The Hall–Kier alpha value is -1.11. The van der Waals surface area contributed by atoms with Crippen LogP contribution in [0.2, 0.25) is 0 Å². The Morgan fingerprint density at radius 3 is 2.54 bits per heavy atom. The Morgan fingerprint density at radius 1 is 1.54 bits per heavy atom. The van der Waals surface area contributed by atoms with E-state index in [4.69, 9.17) is 11.0 Å². The van der Waals surface area contributed by atoms with Crippen LogP contribution in [-0.4, -0.2) is 0 Å². The molecule has 4 heteroatoms. The van der Waals surface area contributed by atoms with Crippen molar-refractivity contribution >= 4 is 12.4 Å². The van der Waals surface area contributed by atoms with Crippen LogP contribution in [0.5, 0.6) is 0 Å². The van der Waals surface area contributed by atoms with Crippen molar-refractivity contribution in [3.8, 4) is 6.07 Å². The van der Waals surface area contributed by atoms with Crippen molar-refractivity contribution in [2.45, 2.75) is 13.0 Å². The van der Waals surface area contributed by atoms with Gasteiger partial charge < -0.3 is 5.73 Å². The molecule has 70 valence electrons. The van der Waals surface area contributed by atoms with Crippen LogP contribution >= 0.6 is 12.4 Å². The molecule has 1 rings (SSSR count). The molecule has 0 aliphatic rings. The van der Waals surface area contributed by atoms with E-state index in [1.165, 1.54) is 12.1 Å². The SMILES string of the molecule is C[C@H](N)c1ccc(C#N)c(F)c1.Cl. The average Bonchev–Trinajstić information content (AvgIpc) is 2.04. The lowest BCUT2D eigenvalue weighted by atomic mass is 10.1. The van der Waals surface area contributed by atoms with E-state index in [1.807, 2.05) is 0 Å². The first-order chi connectivity index (χ1) is 5.65. The van der Waals surface area contributed by atoms with E-state index in [2.05, 4.69) is 0 Å². The highest BCUT2D eigenvalue weighted by Gasteiger charge is 2.04. The fourth-order valence-electron chi connectivity index (χ4n) is 0.905. The summed E-state index contributed by atoms with van der Waals surface area (Å²) in [7, 11) is 0. The molecule has 2 N–H and O–H groups in total. The van der Waals surface area contributed by atoms with Gasteiger partial charge in [0.05, 0.1) is 5.56 Å². The number of nitrogens with two attached hydrogens (primary N) is 1. The molecule has 0 radical (unpaired) electrons. The molecule has 0 fully saturated rings. The minimum Gasteiger partial charge on any atom is -0.324 e. The molecule has 0 saturated heterocycles. The fourth-order valence-corrected chi connectivity index (χ4v) is 0.905. The van der Waals surface area contributed by atoms with Gasteiger partial charge in [-0.05, 0) is 24.6 Å². The molecular weight excluding hydrogens is 191 g/mol. The number of hydrogen-bond acceptors (Lipinski definition) is 2. The highest BCUT2D eigenvalue weighted by molar-refractivity contribution is 5.85. The summed E-state index contributed by atoms with van der Waals surface area (Å²) in [6.45, 7) is 1.76. The van der Waals surface area contributed by atoms with Gasteiger partial charge in [0, 0.05) is 6.04 Å². The lowest BCUT2D eigenvalue weighted by Gasteiger charge is -2.04. The van der Waals surface area contributed by atoms with Gasteiger partial charge in [-0.25, -0.2) is 4.39 Å². The summed E-state index contributed by atoms with van der Waals surface area (Å²) in [5.74, 6) is -0.507. The maximum absolute atomic E-state index is 12.9. The van der Waals surface area contributed by atoms with Crippen molar-refractivity contribution < 1.29 is 4.39 Å². The maximum atomic E-state index is 12.9. The van der Waals surface area contributed by atoms with Crippen molar-refractivity contribution in [1.82, 2.24) is 0 Å². The lowest BCUT2D eigenvalue weighted by Crippen LogP contribution is -2.05. The Morgan fingerprint density at radius 2 is 2.15 bits per heavy atom. The molecule has 0 aliphatic heterocycles. The predicted octanol–water partition coefficient (Wildman–Crippen LogP) is 2.14. The van der Waals surface area contributed by atoms with Gasteiger partial charge in [-0.1, -0.05) is 6.07 Å². The molecular formula is C9H10ClFN2. The molecule has 0 aromatic heterocycles. The van der Waals surface area contributed by atoms with Gasteiger partial charge in [0.2, 0.25) is 0 Å². The van der Waals surface area contributed by atoms with Crippen LogP contribution in [0.4, 0.5) is 4.39 Å². The highest BCUT2D eigenvalue weighted by atomic mass is 35.5. The summed E-state index contributed by atoms with van der Waals surface area (Å²) < 4.78 is 12.9. The second-order valence-electron chi connectivity index (χ2n) is 2.64.